The van der Waals surface area contributed by atoms with Gasteiger partial charge < -0.3 is 4.48 Å². The van der Waals surface area contributed by atoms with Crippen LogP contribution in [0.2, 0.25) is 0 Å². The van der Waals surface area contributed by atoms with Crippen molar-refractivity contribution in [3.05, 3.63) is 0 Å². The second-order valence-electron chi connectivity index (χ2n) is 2.71. The van der Waals surface area contributed by atoms with Gasteiger partial charge in [-0.1, -0.05) is 0 Å². The first kappa shape index (κ1) is 30.2. The lowest BCUT2D eigenvalue weighted by Crippen LogP contribution is -2.47. The van der Waals surface area contributed by atoms with Crippen molar-refractivity contribution in [2.24, 2.45) is 0 Å². The zero-order valence-corrected chi connectivity index (χ0v) is 16.6. The maximum absolute atomic E-state index is 4.76. The number of quaternary nitrogens is 1. The molecule has 0 bridgehead atoms. The average Bonchev–Trinajstić information content (AvgIpc) is 2.11. The molecule has 0 saturated heterocycles. The zero-order valence-electron chi connectivity index (χ0n) is 9.96. The molecule has 0 saturated carbocycles. The number of hydrogen-bond acceptors (Lipinski definition) is 0. The molecule has 0 fully saturated rings. The maximum Gasteiger partial charge on any atom is 0.0967 e. The molecule has 0 aliphatic heterocycles. The molecule has 100 valence electrons. The number of halogens is 5. The first-order valence-electron chi connectivity index (χ1n) is 4.63. The van der Waals surface area contributed by atoms with Gasteiger partial charge in [0.15, 0.2) is 0 Å². The van der Waals surface area contributed by atoms with Gasteiger partial charge in [0.05, 0.1) is 31.5 Å². The summed E-state index contributed by atoms with van der Waals surface area (Å²) in [4.78, 5) is 0. The van der Waals surface area contributed by atoms with Crippen LogP contribution in [0.5, 0.6) is 0 Å². The van der Waals surface area contributed by atoms with Crippen LogP contribution in [0.1, 0.15) is 27.7 Å². The third-order valence-electron chi connectivity index (χ3n) is 2.68. The van der Waals surface area contributed by atoms with Crippen molar-refractivity contribution < 1.29 is 4.48 Å². The van der Waals surface area contributed by atoms with Gasteiger partial charge in [-0.05, 0) is 27.7 Å². The maximum atomic E-state index is 4.76. The summed E-state index contributed by atoms with van der Waals surface area (Å²) in [6.07, 6.45) is 0. The van der Waals surface area contributed by atoms with Gasteiger partial charge in [-0.3, -0.25) is 0 Å². The molecule has 0 rings (SSSR count). The molecule has 0 aliphatic rings. The Labute approximate surface area is 137 Å². The topological polar surface area (TPSA) is 0 Å². The highest BCUT2D eigenvalue weighted by Gasteiger charge is 2.16. The van der Waals surface area contributed by atoms with Gasteiger partial charge >= 0.3 is 0 Å². The summed E-state index contributed by atoms with van der Waals surface area (Å²) < 4.78 is 1.28. The third-order valence-corrected chi connectivity index (χ3v) is 2.68. The lowest BCUT2D eigenvalue weighted by atomic mass is 10.3. The zero-order chi connectivity index (χ0) is 10.0. The van der Waals surface area contributed by atoms with Crippen LogP contribution in [0.25, 0.3) is 0 Å². The molecule has 0 unspecified atom stereocenters. The Morgan fingerprint density at radius 1 is 0.667 bits per heavy atom. The third kappa shape index (κ3) is 16.0. The molecule has 0 aromatic rings. The van der Waals surface area contributed by atoms with Gasteiger partial charge in [0.2, 0.25) is 0 Å². The highest BCUT2D eigenvalue weighted by atomic mass is 79.9. The Balaban J connectivity index is -0.0000000500. The highest BCUT2D eigenvalue weighted by Crippen LogP contribution is 2.03. The molecule has 1 nitrogen and oxygen atoms in total. The summed E-state index contributed by atoms with van der Waals surface area (Å²) in [7, 11) is 0. The second kappa shape index (κ2) is 21.3. The van der Waals surface area contributed by atoms with Gasteiger partial charge in [0.1, 0.15) is 0 Å². The Hall–Kier alpha value is 1.98. The molecule has 6 heteroatoms. The van der Waals surface area contributed by atoms with E-state index in [1.807, 2.05) is 0 Å². The molecule has 0 aromatic heterocycles. The van der Waals surface area contributed by atoms with E-state index in [1.165, 1.54) is 30.7 Å². The van der Waals surface area contributed by atoms with Crippen LogP contribution < -0.4 is 0 Å². The van der Waals surface area contributed by atoms with Gasteiger partial charge in [-0.15, -0.1) is 74.1 Å². The van der Waals surface area contributed by atoms with Gasteiger partial charge in [0.25, 0.3) is 0 Å². The van der Waals surface area contributed by atoms with Crippen molar-refractivity contribution in [3.63, 3.8) is 0 Å². The number of nitrogens with zero attached hydrogens (tertiary/aromatic N) is 1. The predicted octanol–water partition coefficient (Wildman–Crippen LogP) is 5.04. The SMILES string of the molecule is Br.Br.Br.CC[N+](CC)(CC)CC.ClCCl. The molecule has 15 heavy (non-hydrogen) atoms. The van der Waals surface area contributed by atoms with Gasteiger partial charge in [0, 0.05) is 0 Å². The Bertz CT molecular complexity index is 75.9. The van der Waals surface area contributed by atoms with Crippen molar-refractivity contribution in [2.45, 2.75) is 27.7 Å². The Morgan fingerprint density at radius 2 is 0.800 bits per heavy atom. The summed E-state index contributed by atoms with van der Waals surface area (Å²) in [6.45, 7) is 14.2. The smallest absolute Gasteiger partial charge is 0.0967 e. The predicted molar refractivity (Wildman–Crippen MR) is 90.0 cm³/mol. The van der Waals surface area contributed by atoms with Crippen LogP contribution in [-0.2, 0) is 0 Å². The van der Waals surface area contributed by atoms with E-state index in [0.29, 0.717) is 0 Å². The molecule has 0 N–H and O–H groups in total. The van der Waals surface area contributed by atoms with Crippen LogP contribution in [0.3, 0.4) is 0 Å². The molecular weight excluding hydrogens is 433 g/mol. The number of rotatable bonds is 4. The van der Waals surface area contributed by atoms with Crippen LogP contribution in [0.15, 0.2) is 0 Å². The minimum Gasteiger partial charge on any atom is -0.325 e. The molecule has 0 heterocycles. The fourth-order valence-corrected chi connectivity index (χ4v) is 1.34. The van der Waals surface area contributed by atoms with Crippen molar-refractivity contribution in [1.82, 2.24) is 0 Å². The second-order valence-corrected chi connectivity index (χ2v) is 3.52. The fourth-order valence-electron chi connectivity index (χ4n) is 1.34. The largest absolute Gasteiger partial charge is 0.325 e. The van der Waals surface area contributed by atoms with E-state index < -0.39 is 0 Å². The van der Waals surface area contributed by atoms with E-state index in [2.05, 4.69) is 27.7 Å². The summed E-state index contributed by atoms with van der Waals surface area (Å²) in [5, 5.41) is 0.194. The van der Waals surface area contributed by atoms with Crippen molar-refractivity contribution >= 4 is 74.1 Å². The monoisotopic (exact) mass is 454 g/mol. The Morgan fingerprint density at radius 3 is 0.800 bits per heavy atom. The quantitative estimate of drug-likeness (QED) is 0.410. The van der Waals surface area contributed by atoms with Crippen molar-refractivity contribution in [3.8, 4) is 0 Å². The van der Waals surface area contributed by atoms with Crippen molar-refractivity contribution in [1.29, 1.82) is 0 Å². The summed E-state index contributed by atoms with van der Waals surface area (Å²) in [5.41, 5.74) is 0. The molecule has 0 spiro atoms. The normalized spacial score (nSPS) is 8.40. The van der Waals surface area contributed by atoms with E-state index in [1.54, 1.807) is 0 Å². The summed E-state index contributed by atoms with van der Waals surface area (Å²) in [6, 6.07) is 0. The summed E-state index contributed by atoms with van der Waals surface area (Å²) in [5.74, 6) is 0. The molecular formula is C9H25Br3Cl2N+. The first-order chi connectivity index (χ1) is 5.66. The van der Waals surface area contributed by atoms with Gasteiger partial charge in [-0.25, -0.2) is 0 Å². The van der Waals surface area contributed by atoms with Crippen LogP contribution in [0.4, 0.5) is 0 Å². The highest BCUT2D eigenvalue weighted by molar-refractivity contribution is 8.93. The van der Waals surface area contributed by atoms with E-state index in [0.717, 1.165) is 0 Å². The first-order valence-corrected chi connectivity index (χ1v) is 5.70. The van der Waals surface area contributed by atoms with E-state index in [9.17, 15) is 0 Å². The van der Waals surface area contributed by atoms with E-state index >= 15 is 0 Å². The average molecular weight is 458 g/mol. The van der Waals surface area contributed by atoms with Crippen LogP contribution in [-0.4, -0.2) is 36.0 Å². The lowest BCUT2D eigenvalue weighted by Gasteiger charge is -2.34. The van der Waals surface area contributed by atoms with Gasteiger partial charge in [-0.2, -0.15) is 0 Å². The molecule has 0 atom stereocenters. The molecule has 0 aliphatic carbocycles. The lowest BCUT2D eigenvalue weighted by molar-refractivity contribution is -0.921. The van der Waals surface area contributed by atoms with E-state index in [4.69, 9.17) is 23.2 Å². The van der Waals surface area contributed by atoms with E-state index in [-0.39, 0.29) is 56.3 Å². The molecule has 0 aromatic carbocycles. The summed E-state index contributed by atoms with van der Waals surface area (Å²) >= 11 is 9.53. The standard InChI is InChI=1S/C8H20N.CH2Cl2.3BrH/c1-5-9(6-2,7-3)8-4;2-1-3;;;/h5-8H2,1-4H3;1H2;3*1H/q+1;;;;. The molecule has 0 amide bonds. The number of hydrogen-bond donors (Lipinski definition) is 0. The Kier molecular flexibility index (Phi) is 42.9. The number of alkyl halides is 2. The minimum atomic E-state index is 0. The minimum absolute atomic E-state index is 0. The molecule has 0 radical (unpaired) electrons. The van der Waals surface area contributed by atoms with Crippen LogP contribution in [0, 0.1) is 0 Å². The fraction of sp³-hybridized carbons (Fsp3) is 1.00. The van der Waals surface area contributed by atoms with Crippen molar-refractivity contribution in [2.75, 3.05) is 31.5 Å². The van der Waals surface area contributed by atoms with Crippen LogP contribution >= 0.6 is 74.1 Å².